The molecule has 234 valence electrons. The number of hydrogen-bond acceptors (Lipinski definition) is 5. The number of aliphatic carboxylic acids is 1. The van der Waals surface area contributed by atoms with E-state index in [0.29, 0.717) is 12.1 Å². The normalized spacial score (nSPS) is 13.4. The number of amides is 2. The Hall–Kier alpha value is -4.40. The van der Waals surface area contributed by atoms with E-state index < -0.39 is 34.7 Å². The van der Waals surface area contributed by atoms with Crippen LogP contribution in [0.25, 0.3) is 0 Å². The molecule has 4 N–H and O–H groups in total. The Balaban J connectivity index is 1.69. The molecule has 0 aromatic heterocycles. The second kappa shape index (κ2) is 16.1. The molecule has 4 rings (SSSR count). The van der Waals surface area contributed by atoms with Gasteiger partial charge >= 0.3 is 5.97 Å². The van der Waals surface area contributed by atoms with Gasteiger partial charge in [0.25, 0.3) is 0 Å². The Morgan fingerprint density at radius 2 is 1.11 bits per heavy atom. The number of carbonyl (C=O) groups is 3. The lowest BCUT2D eigenvalue weighted by Crippen LogP contribution is -2.55. The van der Waals surface area contributed by atoms with Crippen LogP contribution in [-0.2, 0) is 19.1 Å². The molecule has 0 aliphatic heterocycles. The van der Waals surface area contributed by atoms with Crippen LogP contribution in [0, 0.1) is 5.92 Å². The first-order valence-electron chi connectivity index (χ1n) is 15.2. The topological polar surface area (TPSA) is 108 Å². The van der Waals surface area contributed by atoms with Gasteiger partial charge in [0.15, 0.2) is 0 Å². The number of carbonyl (C=O) groups excluding carboxylic acids is 2. The second-order valence-electron chi connectivity index (χ2n) is 11.4. The van der Waals surface area contributed by atoms with E-state index in [-0.39, 0.29) is 17.6 Å². The van der Waals surface area contributed by atoms with Crippen LogP contribution in [0.1, 0.15) is 43.9 Å². The van der Waals surface area contributed by atoms with Crippen molar-refractivity contribution in [3.05, 3.63) is 138 Å². The predicted molar refractivity (Wildman–Crippen MR) is 182 cm³/mol. The summed E-state index contributed by atoms with van der Waals surface area (Å²) in [4.78, 5) is 39.3. The molecule has 7 nitrogen and oxygen atoms in total. The first-order chi connectivity index (χ1) is 21.7. The van der Waals surface area contributed by atoms with E-state index in [1.807, 2.05) is 86.6 Å². The van der Waals surface area contributed by atoms with Crippen molar-refractivity contribution in [2.24, 2.45) is 5.92 Å². The van der Waals surface area contributed by atoms with Crippen LogP contribution in [-0.4, -0.2) is 46.8 Å². The van der Waals surface area contributed by atoms with Crippen molar-refractivity contribution in [1.82, 2.24) is 10.6 Å². The fraction of sp³-hybridized carbons (Fsp3) is 0.270. The Labute approximate surface area is 269 Å². The molecule has 0 aliphatic carbocycles. The summed E-state index contributed by atoms with van der Waals surface area (Å²) in [7, 11) is 0. The number of benzene rings is 4. The smallest absolute Gasteiger partial charge is 0.320 e. The van der Waals surface area contributed by atoms with E-state index in [2.05, 4.69) is 52.3 Å². The van der Waals surface area contributed by atoms with Gasteiger partial charge in [0.05, 0.1) is 10.8 Å². The maximum absolute atomic E-state index is 14.0. The van der Waals surface area contributed by atoms with E-state index in [4.69, 9.17) is 0 Å². The minimum absolute atomic E-state index is 0.123. The first-order valence-corrected chi connectivity index (χ1v) is 16.1. The molecule has 45 heavy (non-hydrogen) atoms. The van der Waals surface area contributed by atoms with E-state index in [1.165, 1.54) is 6.92 Å². The van der Waals surface area contributed by atoms with Gasteiger partial charge < -0.3 is 15.7 Å². The van der Waals surface area contributed by atoms with Crippen molar-refractivity contribution in [3.8, 4) is 0 Å². The summed E-state index contributed by atoms with van der Waals surface area (Å²) in [6.45, 7) is 5.49. The highest BCUT2D eigenvalue weighted by molar-refractivity contribution is 8.00. The Bertz CT molecular complexity index is 1420. The number of carboxylic acids is 1. The molecule has 0 spiro atoms. The fourth-order valence-corrected chi connectivity index (χ4v) is 6.85. The first kappa shape index (κ1) is 33.5. The van der Waals surface area contributed by atoms with Gasteiger partial charge in [-0.25, -0.2) is 0 Å². The SMILES string of the molecule is CC(C)C[C@H](NC(=O)[C@@H](CSC(c1ccccc1)(c1ccccc1)c1ccccc1)N[C@H](C)C(=O)O)C(=O)Nc1ccccc1. The summed E-state index contributed by atoms with van der Waals surface area (Å²) in [6.07, 6.45) is 0.417. The summed E-state index contributed by atoms with van der Waals surface area (Å²) in [5.74, 6) is -1.49. The van der Waals surface area contributed by atoms with Gasteiger partial charge in [-0.05, 0) is 48.1 Å². The average Bonchev–Trinajstić information content (AvgIpc) is 3.05. The number of anilines is 1. The molecule has 0 unspecified atom stereocenters. The van der Waals surface area contributed by atoms with Gasteiger partial charge in [-0.15, -0.1) is 11.8 Å². The van der Waals surface area contributed by atoms with E-state index in [9.17, 15) is 19.5 Å². The summed E-state index contributed by atoms with van der Waals surface area (Å²) in [5, 5.41) is 18.6. The van der Waals surface area contributed by atoms with Crippen LogP contribution in [0.5, 0.6) is 0 Å². The molecule has 4 aromatic carbocycles. The van der Waals surface area contributed by atoms with Gasteiger partial charge in [0, 0.05) is 11.4 Å². The average molecular weight is 624 g/mol. The number of rotatable bonds is 15. The molecule has 0 fully saturated rings. The standard InChI is InChI=1S/C37H41N3O4S/c1-26(2)24-32(34(41)39-31-22-14-7-15-23-31)40-35(42)33(38-27(3)36(43)44)25-45-37(28-16-8-4-9-17-28,29-18-10-5-11-19-29)30-20-12-6-13-21-30/h4-23,26-27,32-33,38H,24-25H2,1-3H3,(H,39,41)(H,40,42)(H,43,44)/t27-,32+,33-/m1/s1. The maximum Gasteiger partial charge on any atom is 0.320 e. The fourth-order valence-electron chi connectivity index (χ4n) is 5.28. The monoisotopic (exact) mass is 623 g/mol. The Morgan fingerprint density at radius 3 is 1.53 bits per heavy atom. The summed E-state index contributed by atoms with van der Waals surface area (Å²) >= 11 is 1.55. The van der Waals surface area contributed by atoms with Gasteiger partial charge in [-0.1, -0.05) is 123 Å². The van der Waals surface area contributed by atoms with E-state index in [1.54, 1.807) is 23.9 Å². The zero-order valence-electron chi connectivity index (χ0n) is 25.9. The van der Waals surface area contributed by atoms with Gasteiger partial charge in [0.1, 0.15) is 12.1 Å². The molecular weight excluding hydrogens is 582 g/mol. The lowest BCUT2D eigenvalue weighted by atomic mass is 9.84. The van der Waals surface area contributed by atoms with Crippen molar-refractivity contribution in [1.29, 1.82) is 0 Å². The Morgan fingerprint density at radius 1 is 0.667 bits per heavy atom. The van der Waals surface area contributed by atoms with Crippen LogP contribution >= 0.6 is 11.8 Å². The van der Waals surface area contributed by atoms with Crippen LogP contribution in [0.3, 0.4) is 0 Å². The molecular formula is C37H41N3O4S. The molecule has 2 amide bonds. The van der Waals surface area contributed by atoms with Crippen molar-refractivity contribution >= 4 is 35.2 Å². The zero-order valence-corrected chi connectivity index (χ0v) is 26.7. The molecule has 0 saturated heterocycles. The highest BCUT2D eigenvalue weighted by Crippen LogP contribution is 2.48. The molecule has 3 atom stereocenters. The number of nitrogens with one attached hydrogen (secondary N) is 3. The zero-order chi connectivity index (χ0) is 32.2. The van der Waals surface area contributed by atoms with Crippen LogP contribution in [0.15, 0.2) is 121 Å². The summed E-state index contributed by atoms with van der Waals surface area (Å²) in [6, 6.07) is 36.7. The van der Waals surface area contributed by atoms with Crippen molar-refractivity contribution in [2.45, 2.75) is 50.1 Å². The Kier molecular flexibility index (Phi) is 12.0. The second-order valence-corrected chi connectivity index (χ2v) is 12.6. The molecule has 0 radical (unpaired) electrons. The van der Waals surface area contributed by atoms with Crippen molar-refractivity contribution in [2.75, 3.05) is 11.1 Å². The third-order valence-electron chi connectivity index (χ3n) is 7.53. The summed E-state index contributed by atoms with van der Waals surface area (Å²) < 4.78 is -0.710. The largest absolute Gasteiger partial charge is 0.480 e. The lowest BCUT2D eigenvalue weighted by Gasteiger charge is -2.37. The molecule has 0 aliphatic rings. The van der Waals surface area contributed by atoms with Crippen LogP contribution in [0.4, 0.5) is 5.69 Å². The predicted octanol–water partition coefficient (Wildman–Crippen LogP) is 6.31. The van der Waals surface area contributed by atoms with Gasteiger partial charge in [0.2, 0.25) is 11.8 Å². The number of thioether (sulfide) groups is 1. The van der Waals surface area contributed by atoms with Crippen LogP contribution in [0.2, 0.25) is 0 Å². The highest BCUT2D eigenvalue weighted by atomic mass is 32.2. The van der Waals surface area contributed by atoms with Crippen molar-refractivity contribution < 1.29 is 19.5 Å². The highest BCUT2D eigenvalue weighted by Gasteiger charge is 2.39. The van der Waals surface area contributed by atoms with Gasteiger partial charge in [-0.3, -0.25) is 19.7 Å². The van der Waals surface area contributed by atoms with E-state index in [0.717, 1.165) is 16.7 Å². The molecule has 0 saturated carbocycles. The lowest BCUT2D eigenvalue weighted by molar-refractivity contribution is -0.139. The molecule has 0 heterocycles. The number of para-hydroxylation sites is 1. The molecule has 4 aromatic rings. The number of carboxylic acid groups (broad SMARTS) is 1. The van der Waals surface area contributed by atoms with E-state index >= 15 is 0 Å². The molecule has 8 heteroatoms. The third kappa shape index (κ3) is 8.84. The quantitative estimate of drug-likeness (QED) is 0.116. The summed E-state index contributed by atoms with van der Waals surface area (Å²) in [5.41, 5.74) is 3.71. The van der Waals surface area contributed by atoms with Gasteiger partial charge in [-0.2, -0.15) is 0 Å². The third-order valence-corrected chi connectivity index (χ3v) is 9.17. The minimum Gasteiger partial charge on any atom is -0.480 e. The molecule has 0 bridgehead atoms. The number of hydrogen-bond donors (Lipinski definition) is 4. The van der Waals surface area contributed by atoms with Crippen molar-refractivity contribution in [3.63, 3.8) is 0 Å². The van der Waals surface area contributed by atoms with Crippen LogP contribution < -0.4 is 16.0 Å². The minimum atomic E-state index is -1.07. The maximum atomic E-state index is 14.0.